The summed E-state index contributed by atoms with van der Waals surface area (Å²) in [5, 5.41) is 22.3. The molecule has 128 valence electrons. The Balaban J connectivity index is 1.80. The van der Waals surface area contributed by atoms with E-state index in [1.807, 2.05) is 0 Å². The van der Waals surface area contributed by atoms with E-state index in [-0.39, 0.29) is 18.1 Å². The van der Waals surface area contributed by atoms with E-state index in [9.17, 15) is 18.7 Å². The van der Waals surface area contributed by atoms with Crippen molar-refractivity contribution >= 4 is 27.5 Å². The van der Waals surface area contributed by atoms with Gasteiger partial charge >= 0.3 is 0 Å². The van der Waals surface area contributed by atoms with Gasteiger partial charge in [-0.2, -0.15) is 20.3 Å². The fourth-order valence-electron chi connectivity index (χ4n) is 2.36. The summed E-state index contributed by atoms with van der Waals surface area (Å²) in [6.07, 6.45) is 1.27. The number of aliphatic hydroxyl groups is 1. The summed E-state index contributed by atoms with van der Waals surface area (Å²) in [7, 11) is 0. The maximum atomic E-state index is 13.2. The molecule has 24 heavy (non-hydrogen) atoms. The van der Waals surface area contributed by atoms with Gasteiger partial charge in [0.2, 0.25) is 5.72 Å². The highest BCUT2D eigenvalue weighted by Crippen LogP contribution is 2.32. The molecule has 0 aromatic carbocycles. The standard InChI is InChI=1S/C13H13BrF2N6O2/c1-8-4-13(24,12(15)16)22(18-8)11(23)10-2-3-20(19-10)7-21-6-9(14)5-17-21/h2-3,5-6,12,24H,4,7H2,1H3. The van der Waals surface area contributed by atoms with Gasteiger partial charge in [-0.15, -0.1) is 0 Å². The molecule has 8 nitrogen and oxygen atoms in total. The predicted octanol–water partition coefficient (Wildman–Crippen LogP) is 1.52. The Labute approximate surface area is 143 Å². The lowest BCUT2D eigenvalue weighted by Crippen LogP contribution is -2.51. The minimum Gasteiger partial charge on any atom is -0.364 e. The fraction of sp³-hybridized carbons (Fsp3) is 0.385. The van der Waals surface area contributed by atoms with Crippen LogP contribution in [0.5, 0.6) is 0 Å². The van der Waals surface area contributed by atoms with Crippen LogP contribution in [0.1, 0.15) is 23.8 Å². The lowest BCUT2D eigenvalue weighted by Gasteiger charge is -2.29. The lowest BCUT2D eigenvalue weighted by atomic mass is 10.1. The van der Waals surface area contributed by atoms with Crippen molar-refractivity contribution in [1.82, 2.24) is 24.6 Å². The third-order valence-corrected chi connectivity index (χ3v) is 3.86. The molecule has 1 amide bonds. The Morgan fingerprint density at radius 1 is 1.50 bits per heavy atom. The Bertz CT molecular complexity index is 804. The van der Waals surface area contributed by atoms with Gasteiger partial charge < -0.3 is 5.11 Å². The van der Waals surface area contributed by atoms with Crippen molar-refractivity contribution in [3.63, 3.8) is 0 Å². The van der Waals surface area contributed by atoms with Gasteiger partial charge in [0.25, 0.3) is 12.3 Å². The van der Waals surface area contributed by atoms with Gasteiger partial charge in [0.1, 0.15) is 6.67 Å². The number of hydrogen-bond donors (Lipinski definition) is 1. The van der Waals surface area contributed by atoms with Crippen LogP contribution in [0.25, 0.3) is 0 Å². The first-order valence-electron chi connectivity index (χ1n) is 6.90. The minimum atomic E-state index is -3.15. The van der Waals surface area contributed by atoms with Crippen LogP contribution in [0.4, 0.5) is 8.78 Å². The average molecular weight is 403 g/mol. The van der Waals surface area contributed by atoms with Gasteiger partial charge in [-0.3, -0.25) is 9.48 Å². The fourth-order valence-corrected chi connectivity index (χ4v) is 2.69. The van der Waals surface area contributed by atoms with Crippen molar-refractivity contribution in [1.29, 1.82) is 0 Å². The third kappa shape index (κ3) is 2.96. The number of halogens is 3. The molecule has 2 aromatic heterocycles. The Kier molecular flexibility index (Phi) is 4.22. The van der Waals surface area contributed by atoms with E-state index >= 15 is 0 Å². The molecule has 1 aliphatic rings. The lowest BCUT2D eigenvalue weighted by molar-refractivity contribution is -0.164. The van der Waals surface area contributed by atoms with Crippen LogP contribution < -0.4 is 0 Å². The first-order valence-corrected chi connectivity index (χ1v) is 7.69. The van der Waals surface area contributed by atoms with E-state index in [2.05, 4.69) is 31.2 Å². The second-order valence-corrected chi connectivity index (χ2v) is 6.30. The number of nitrogens with zero attached hydrogens (tertiary/aromatic N) is 6. The number of carbonyl (C=O) groups excluding carboxylic acids is 1. The zero-order valence-electron chi connectivity index (χ0n) is 12.5. The normalized spacial score (nSPS) is 20.8. The predicted molar refractivity (Wildman–Crippen MR) is 82.4 cm³/mol. The summed E-state index contributed by atoms with van der Waals surface area (Å²) in [6.45, 7) is 1.70. The molecule has 0 aliphatic carbocycles. The Hall–Kier alpha value is -2.14. The minimum absolute atomic E-state index is 0.0984. The van der Waals surface area contributed by atoms with E-state index in [4.69, 9.17) is 0 Å². The smallest absolute Gasteiger partial charge is 0.297 e. The van der Waals surface area contributed by atoms with Gasteiger partial charge in [0, 0.05) is 24.5 Å². The van der Waals surface area contributed by atoms with Crippen LogP contribution in [0.2, 0.25) is 0 Å². The molecular weight excluding hydrogens is 390 g/mol. The van der Waals surface area contributed by atoms with Crippen molar-refractivity contribution in [3.05, 3.63) is 34.8 Å². The molecule has 0 fully saturated rings. The van der Waals surface area contributed by atoms with E-state index in [0.717, 1.165) is 4.47 Å². The number of rotatable bonds is 4. The summed E-state index contributed by atoms with van der Waals surface area (Å²) >= 11 is 3.26. The van der Waals surface area contributed by atoms with Crippen LogP contribution in [-0.2, 0) is 6.67 Å². The maximum absolute atomic E-state index is 13.2. The third-order valence-electron chi connectivity index (χ3n) is 3.45. The molecule has 3 rings (SSSR count). The number of carbonyl (C=O) groups is 1. The van der Waals surface area contributed by atoms with Gasteiger partial charge in [-0.1, -0.05) is 0 Å². The van der Waals surface area contributed by atoms with Crippen molar-refractivity contribution in [2.45, 2.75) is 32.2 Å². The molecule has 2 aromatic rings. The molecule has 3 heterocycles. The second-order valence-electron chi connectivity index (χ2n) is 5.39. The highest BCUT2D eigenvalue weighted by Gasteiger charge is 2.51. The van der Waals surface area contributed by atoms with Gasteiger partial charge in [0.05, 0.1) is 10.7 Å². The van der Waals surface area contributed by atoms with Crippen LogP contribution in [0.15, 0.2) is 34.2 Å². The summed E-state index contributed by atoms with van der Waals surface area (Å²) in [5.74, 6) is -0.893. The zero-order chi connectivity index (χ0) is 17.5. The highest BCUT2D eigenvalue weighted by molar-refractivity contribution is 9.10. The molecule has 0 radical (unpaired) electrons. The average Bonchev–Trinajstić information content (AvgIpc) is 3.19. The molecular formula is C13H13BrF2N6O2. The monoisotopic (exact) mass is 402 g/mol. The quantitative estimate of drug-likeness (QED) is 0.839. The van der Waals surface area contributed by atoms with Crippen molar-refractivity contribution in [3.8, 4) is 0 Å². The highest BCUT2D eigenvalue weighted by atomic mass is 79.9. The SMILES string of the molecule is CC1=NN(C(=O)c2ccn(Cn3cc(Br)cn3)n2)C(O)(C(F)F)C1. The number of aromatic nitrogens is 4. The van der Waals surface area contributed by atoms with Gasteiger partial charge in [-0.25, -0.2) is 13.5 Å². The molecule has 1 atom stereocenters. The van der Waals surface area contributed by atoms with E-state index in [0.29, 0.717) is 5.01 Å². The van der Waals surface area contributed by atoms with Gasteiger partial charge in [-0.05, 0) is 28.9 Å². The number of hydrazone groups is 1. The van der Waals surface area contributed by atoms with Gasteiger partial charge in [0.15, 0.2) is 5.69 Å². The van der Waals surface area contributed by atoms with E-state index in [1.165, 1.54) is 23.9 Å². The summed E-state index contributed by atoms with van der Waals surface area (Å²) < 4.78 is 30.1. The molecule has 11 heteroatoms. The van der Waals surface area contributed by atoms with E-state index in [1.54, 1.807) is 17.1 Å². The van der Waals surface area contributed by atoms with Crippen molar-refractivity contribution in [2.24, 2.45) is 5.10 Å². The molecule has 1 unspecified atom stereocenters. The molecule has 0 saturated carbocycles. The zero-order valence-corrected chi connectivity index (χ0v) is 14.1. The Morgan fingerprint density at radius 3 is 2.88 bits per heavy atom. The molecule has 1 aliphatic heterocycles. The molecule has 0 spiro atoms. The molecule has 0 saturated heterocycles. The van der Waals surface area contributed by atoms with E-state index < -0.39 is 24.5 Å². The molecule has 0 bridgehead atoms. The van der Waals surface area contributed by atoms with Crippen LogP contribution in [0, 0.1) is 0 Å². The largest absolute Gasteiger partial charge is 0.364 e. The number of amides is 1. The summed E-state index contributed by atoms with van der Waals surface area (Å²) in [5.41, 5.74) is -2.50. The number of alkyl halides is 2. The summed E-state index contributed by atoms with van der Waals surface area (Å²) in [4.78, 5) is 12.4. The van der Waals surface area contributed by atoms with Crippen LogP contribution in [0.3, 0.4) is 0 Å². The number of hydrogen-bond acceptors (Lipinski definition) is 5. The maximum Gasteiger partial charge on any atom is 0.297 e. The second kappa shape index (κ2) is 6.06. The first kappa shape index (κ1) is 16.7. The Morgan fingerprint density at radius 2 is 2.25 bits per heavy atom. The summed E-state index contributed by atoms with van der Waals surface area (Å²) in [6, 6.07) is 1.37. The van der Waals surface area contributed by atoms with Crippen LogP contribution in [-0.4, -0.2) is 53.4 Å². The molecule has 1 N–H and O–H groups in total. The topological polar surface area (TPSA) is 88.5 Å². The van der Waals surface area contributed by atoms with Crippen molar-refractivity contribution in [2.75, 3.05) is 0 Å². The first-order chi connectivity index (χ1) is 11.3. The van der Waals surface area contributed by atoms with Crippen LogP contribution >= 0.6 is 15.9 Å². The van der Waals surface area contributed by atoms with Crippen molar-refractivity contribution < 1.29 is 18.7 Å².